The van der Waals surface area contributed by atoms with E-state index in [1.54, 1.807) is 6.07 Å². The summed E-state index contributed by atoms with van der Waals surface area (Å²) < 4.78 is 0.979. The molecule has 13 heavy (non-hydrogen) atoms. The zero-order valence-electron chi connectivity index (χ0n) is 7.31. The molecule has 0 aromatic heterocycles. The largest absolute Gasteiger partial charge is 0.294 e. The molecular weight excluding hydrogens is 298 g/mol. The van der Waals surface area contributed by atoms with Gasteiger partial charge < -0.3 is 0 Å². The van der Waals surface area contributed by atoms with Crippen LogP contribution in [0.4, 0.5) is 0 Å². The van der Waals surface area contributed by atoms with E-state index in [2.05, 4.69) is 22.6 Å². The predicted molar refractivity (Wildman–Crippen MR) is 63.4 cm³/mol. The molecular formula is C10H10ClIO. The van der Waals surface area contributed by atoms with E-state index in [9.17, 15) is 4.79 Å². The molecule has 0 saturated heterocycles. The molecule has 70 valence electrons. The maximum atomic E-state index is 11.4. The Morgan fingerprint density at radius 2 is 2.23 bits per heavy atom. The summed E-state index contributed by atoms with van der Waals surface area (Å²) in [4.78, 5) is 11.4. The zero-order chi connectivity index (χ0) is 9.84. The fourth-order valence-electron chi connectivity index (χ4n) is 1.04. The summed E-state index contributed by atoms with van der Waals surface area (Å²) in [5, 5.41) is 0.655. The molecule has 0 bridgehead atoms. The molecule has 0 heterocycles. The van der Waals surface area contributed by atoms with Crippen LogP contribution in [-0.2, 0) is 0 Å². The molecule has 0 aliphatic heterocycles. The van der Waals surface area contributed by atoms with Gasteiger partial charge in [-0.3, -0.25) is 4.79 Å². The molecule has 0 saturated carbocycles. The highest BCUT2D eigenvalue weighted by Crippen LogP contribution is 2.20. The smallest absolute Gasteiger partial charge is 0.162 e. The molecule has 0 aliphatic carbocycles. The monoisotopic (exact) mass is 308 g/mol. The van der Waals surface area contributed by atoms with Crippen LogP contribution in [-0.4, -0.2) is 5.78 Å². The van der Waals surface area contributed by atoms with Crippen LogP contribution in [0, 0.1) is 3.57 Å². The molecule has 1 aromatic carbocycles. The number of carbonyl (C=O) groups excluding carboxylic acids is 1. The molecule has 0 spiro atoms. The highest BCUT2D eigenvalue weighted by atomic mass is 127. The van der Waals surface area contributed by atoms with Crippen molar-refractivity contribution in [1.82, 2.24) is 0 Å². The number of carbonyl (C=O) groups is 1. The van der Waals surface area contributed by atoms with Gasteiger partial charge in [-0.1, -0.05) is 24.6 Å². The lowest BCUT2D eigenvalue weighted by Gasteiger charge is -2.00. The molecule has 0 N–H and O–H groups in total. The van der Waals surface area contributed by atoms with Crippen LogP contribution in [0.3, 0.4) is 0 Å². The Morgan fingerprint density at radius 3 is 2.77 bits per heavy atom. The Labute approximate surface area is 96.6 Å². The minimum absolute atomic E-state index is 0.167. The van der Waals surface area contributed by atoms with Gasteiger partial charge in [0.05, 0.1) is 5.02 Å². The number of Topliss-reactive ketones (excluding diaryl/α,β-unsaturated/α-hetero) is 1. The van der Waals surface area contributed by atoms with Crippen molar-refractivity contribution in [2.75, 3.05) is 0 Å². The van der Waals surface area contributed by atoms with Crippen LogP contribution >= 0.6 is 34.2 Å². The Bertz CT molecular complexity index is 323. The lowest BCUT2D eigenvalue weighted by atomic mass is 10.1. The Kier molecular flexibility index (Phi) is 4.19. The van der Waals surface area contributed by atoms with E-state index in [-0.39, 0.29) is 5.78 Å². The van der Waals surface area contributed by atoms with Gasteiger partial charge in [0.25, 0.3) is 0 Å². The lowest BCUT2D eigenvalue weighted by Crippen LogP contribution is -1.97. The maximum Gasteiger partial charge on any atom is 0.162 e. The van der Waals surface area contributed by atoms with E-state index < -0.39 is 0 Å². The third-order valence-electron chi connectivity index (χ3n) is 1.72. The van der Waals surface area contributed by atoms with Crippen LogP contribution in [0.1, 0.15) is 30.1 Å². The molecule has 1 nitrogen and oxygen atoms in total. The van der Waals surface area contributed by atoms with Crippen LogP contribution in [0.2, 0.25) is 5.02 Å². The second-order valence-corrected chi connectivity index (χ2v) is 4.37. The summed E-state index contributed by atoms with van der Waals surface area (Å²) in [6.07, 6.45) is 1.47. The standard InChI is InChI=1S/C10H10ClIO/c1-2-3-10(13)7-4-5-9(12)8(11)6-7/h4-6H,2-3H2,1H3. The molecule has 0 unspecified atom stereocenters. The summed E-state index contributed by atoms with van der Waals surface area (Å²) >= 11 is 8.04. The van der Waals surface area contributed by atoms with Crippen molar-refractivity contribution in [3.63, 3.8) is 0 Å². The van der Waals surface area contributed by atoms with Crippen molar-refractivity contribution < 1.29 is 4.79 Å². The molecule has 0 radical (unpaired) electrons. The predicted octanol–water partition coefficient (Wildman–Crippen LogP) is 3.93. The first-order chi connectivity index (χ1) is 6.15. The average Bonchev–Trinajstić information content (AvgIpc) is 2.10. The van der Waals surface area contributed by atoms with Crippen molar-refractivity contribution in [3.8, 4) is 0 Å². The topological polar surface area (TPSA) is 17.1 Å². The second kappa shape index (κ2) is 4.96. The van der Waals surface area contributed by atoms with E-state index in [0.717, 1.165) is 9.99 Å². The van der Waals surface area contributed by atoms with E-state index in [0.29, 0.717) is 17.0 Å². The first-order valence-electron chi connectivity index (χ1n) is 4.13. The normalized spacial score (nSPS) is 10.1. The zero-order valence-corrected chi connectivity index (χ0v) is 10.2. The first-order valence-corrected chi connectivity index (χ1v) is 5.59. The van der Waals surface area contributed by atoms with Gasteiger partial charge >= 0.3 is 0 Å². The Balaban J connectivity index is 2.90. The minimum atomic E-state index is 0.167. The van der Waals surface area contributed by atoms with Crippen LogP contribution in [0.25, 0.3) is 0 Å². The van der Waals surface area contributed by atoms with Crippen molar-refractivity contribution in [1.29, 1.82) is 0 Å². The lowest BCUT2D eigenvalue weighted by molar-refractivity contribution is 0.0982. The third-order valence-corrected chi connectivity index (χ3v) is 3.29. The number of rotatable bonds is 3. The van der Waals surface area contributed by atoms with Crippen LogP contribution < -0.4 is 0 Å². The fourth-order valence-corrected chi connectivity index (χ4v) is 1.56. The highest BCUT2D eigenvalue weighted by Gasteiger charge is 2.06. The number of halogens is 2. The van der Waals surface area contributed by atoms with Crippen molar-refractivity contribution in [2.24, 2.45) is 0 Å². The highest BCUT2D eigenvalue weighted by molar-refractivity contribution is 14.1. The van der Waals surface area contributed by atoms with Crippen molar-refractivity contribution in [3.05, 3.63) is 32.4 Å². The number of hydrogen-bond donors (Lipinski definition) is 0. The van der Waals surface area contributed by atoms with Gasteiger partial charge in [-0.25, -0.2) is 0 Å². The molecule has 0 atom stereocenters. The molecule has 3 heteroatoms. The van der Waals surface area contributed by atoms with Crippen molar-refractivity contribution in [2.45, 2.75) is 19.8 Å². The van der Waals surface area contributed by atoms with Crippen LogP contribution in [0.5, 0.6) is 0 Å². The molecule has 1 aromatic rings. The van der Waals surface area contributed by atoms with Gasteiger partial charge in [0.1, 0.15) is 0 Å². The minimum Gasteiger partial charge on any atom is -0.294 e. The molecule has 0 aliphatic rings. The Morgan fingerprint density at radius 1 is 1.54 bits per heavy atom. The maximum absolute atomic E-state index is 11.4. The Hall–Kier alpha value is -0.0900. The van der Waals surface area contributed by atoms with E-state index in [1.807, 2.05) is 19.1 Å². The van der Waals surface area contributed by atoms with Gasteiger partial charge in [0.15, 0.2) is 5.78 Å². The summed E-state index contributed by atoms with van der Waals surface area (Å²) in [6, 6.07) is 5.43. The van der Waals surface area contributed by atoms with Gasteiger partial charge in [0, 0.05) is 15.6 Å². The quantitative estimate of drug-likeness (QED) is 0.611. The van der Waals surface area contributed by atoms with E-state index >= 15 is 0 Å². The summed E-state index contributed by atoms with van der Waals surface area (Å²) in [7, 11) is 0. The average molecular weight is 309 g/mol. The number of benzene rings is 1. The van der Waals surface area contributed by atoms with Crippen molar-refractivity contribution >= 4 is 40.0 Å². The second-order valence-electron chi connectivity index (χ2n) is 2.80. The summed E-state index contributed by atoms with van der Waals surface area (Å²) in [5.74, 6) is 0.167. The van der Waals surface area contributed by atoms with E-state index in [4.69, 9.17) is 11.6 Å². The molecule has 1 rings (SSSR count). The van der Waals surface area contributed by atoms with E-state index in [1.165, 1.54) is 0 Å². The van der Waals surface area contributed by atoms with Gasteiger partial charge in [-0.2, -0.15) is 0 Å². The number of hydrogen-bond acceptors (Lipinski definition) is 1. The summed E-state index contributed by atoms with van der Waals surface area (Å²) in [6.45, 7) is 1.99. The van der Waals surface area contributed by atoms with Gasteiger partial charge in [-0.15, -0.1) is 0 Å². The molecule has 0 fully saturated rings. The van der Waals surface area contributed by atoms with Gasteiger partial charge in [-0.05, 0) is 41.1 Å². The number of ketones is 1. The third kappa shape index (κ3) is 2.95. The SMILES string of the molecule is CCCC(=O)c1ccc(I)c(Cl)c1. The summed E-state index contributed by atoms with van der Waals surface area (Å²) in [5.41, 5.74) is 0.715. The fraction of sp³-hybridized carbons (Fsp3) is 0.300. The van der Waals surface area contributed by atoms with Crippen LogP contribution in [0.15, 0.2) is 18.2 Å². The molecule has 0 amide bonds. The van der Waals surface area contributed by atoms with Gasteiger partial charge in [0.2, 0.25) is 0 Å². The first kappa shape index (κ1) is 11.0.